The summed E-state index contributed by atoms with van der Waals surface area (Å²) >= 11 is 0. The van der Waals surface area contributed by atoms with E-state index in [4.69, 9.17) is 4.74 Å². The van der Waals surface area contributed by atoms with Crippen molar-refractivity contribution in [1.29, 1.82) is 0 Å². The van der Waals surface area contributed by atoms with Crippen molar-refractivity contribution in [2.45, 2.75) is 6.92 Å². The van der Waals surface area contributed by atoms with Gasteiger partial charge in [0.2, 0.25) is 5.88 Å². The molecule has 3 rings (SSSR count). The zero-order valence-electron chi connectivity index (χ0n) is 13.0. The number of rotatable bonds is 4. The maximum Gasteiger partial charge on any atom is 0.226 e. The van der Waals surface area contributed by atoms with Gasteiger partial charge in [0.25, 0.3) is 0 Å². The molecule has 5 heteroatoms. The minimum absolute atomic E-state index is 0.433. The largest absolute Gasteiger partial charge is 0.480 e. The van der Waals surface area contributed by atoms with Gasteiger partial charge in [-0.15, -0.1) is 0 Å². The van der Waals surface area contributed by atoms with Crippen molar-refractivity contribution in [3.8, 4) is 11.6 Å². The molecule has 0 bridgehead atoms. The van der Waals surface area contributed by atoms with Gasteiger partial charge in [-0.3, -0.25) is 0 Å². The van der Waals surface area contributed by atoms with Crippen molar-refractivity contribution >= 4 is 5.71 Å². The summed E-state index contributed by atoms with van der Waals surface area (Å²) in [6.07, 6.45) is 0. The van der Waals surface area contributed by atoms with E-state index in [0.717, 1.165) is 16.9 Å². The Labute approximate surface area is 134 Å². The average molecular weight is 307 g/mol. The third-order valence-corrected chi connectivity index (χ3v) is 3.60. The number of oxime groups is 1. The van der Waals surface area contributed by atoms with Crippen LogP contribution in [0.1, 0.15) is 16.8 Å². The van der Waals surface area contributed by atoms with Crippen LogP contribution in [-0.4, -0.2) is 27.8 Å². The highest BCUT2D eigenvalue weighted by Crippen LogP contribution is 2.28. The molecule has 0 amide bonds. The van der Waals surface area contributed by atoms with Gasteiger partial charge in [-0.2, -0.15) is 5.10 Å². The highest BCUT2D eigenvalue weighted by atomic mass is 16.5. The van der Waals surface area contributed by atoms with Gasteiger partial charge in [0.15, 0.2) is 0 Å². The predicted octanol–water partition coefficient (Wildman–Crippen LogP) is 3.42. The Hall–Kier alpha value is -3.08. The van der Waals surface area contributed by atoms with Crippen molar-refractivity contribution in [3.05, 3.63) is 77.5 Å². The van der Waals surface area contributed by atoms with E-state index < -0.39 is 0 Å². The van der Waals surface area contributed by atoms with Crippen molar-refractivity contribution in [1.82, 2.24) is 9.78 Å². The maximum absolute atomic E-state index is 9.55. The summed E-state index contributed by atoms with van der Waals surface area (Å²) in [7, 11) is 1.58. The number of para-hydroxylation sites is 1. The minimum atomic E-state index is 0.433. The Kier molecular flexibility index (Phi) is 4.10. The fourth-order valence-corrected chi connectivity index (χ4v) is 2.56. The number of aromatic nitrogens is 2. The molecule has 0 aliphatic heterocycles. The number of methoxy groups -OCH3 is 1. The lowest BCUT2D eigenvalue weighted by molar-refractivity contribution is 0.319. The molecule has 0 aliphatic rings. The van der Waals surface area contributed by atoms with Gasteiger partial charge in [-0.25, -0.2) is 4.68 Å². The first-order valence-corrected chi connectivity index (χ1v) is 7.23. The molecule has 0 atom stereocenters. The molecule has 0 saturated carbocycles. The maximum atomic E-state index is 9.55. The van der Waals surface area contributed by atoms with Crippen LogP contribution in [0.2, 0.25) is 0 Å². The first-order chi connectivity index (χ1) is 11.3. The summed E-state index contributed by atoms with van der Waals surface area (Å²) in [5.74, 6) is 0.533. The second kappa shape index (κ2) is 6.36. The summed E-state index contributed by atoms with van der Waals surface area (Å²) in [6, 6.07) is 19.2. The Morgan fingerprint density at radius 1 is 1.04 bits per heavy atom. The Balaban J connectivity index is 2.19. The molecule has 23 heavy (non-hydrogen) atoms. The van der Waals surface area contributed by atoms with E-state index in [9.17, 15) is 5.21 Å². The number of hydrogen-bond acceptors (Lipinski definition) is 4. The van der Waals surface area contributed by atoms with E-state index in [1.807, 2.05) is 67.6 Å². The molecule has 2 aromatic carbocycles. The van der Waals surface area contributed by atoms with Gasteiger partial charge < -0.3 is 9.94 Å². The summed E-state index contributed by atoms with van der Waals surface area (Å²) < 4.78 is 7.27. The Bertz CT molecular complexity index is 824. The van der Waals surface area contributed by atoms with Gasteiger partial charge in [-0.05, 0) is 19.1 Å². The molecule has 116 valence electrons. The third-order valence-electron chi connectivity index (χ3n) is 3.60. The lowest BCUT2D eigenvalue weighted by Gasteiger charge is -2.09. The van der Waals surface area contributed by atoms with E-state index in [1.165, 1.54) is 0 Å². The van der Waals surface area contributed by atoms with Crippen molar-refractivity contribution in [3.63, 3.8) is 0 Å². The van der Waals surface area contributed by atoms with Crippen molar-refractivity contribution < 1.29 is 9.94 Å². The molecule has 0 unspecified atom stereocenters. The number of aryl methyl sites for hydroxylation is 1. The summed E-state index contributed by atoms with van der Waals surface area (Å²) in [6.45, 7) is 1.87. The van der Waals surface area contributed by atoms with E-state index in [-0.39, 0.29) is 0 Å². The van der Waals surface area contributed by atoms with Gasteiger partial charge in [0, 0.05) is 5.56 Å². The lowest BCUT2D eigenvalue weighted by atomic mass is 10.0. The quantitative estimate of drug-likeness (QED) is 0.456. The van der Waals surface area contributed by atoms with Crippen LogP contribution in [-0.2, 0) is 0 Å². The molecule has 3 aromatic rings. The molecular weight excluding hydrogens is 290 g/mol. The Morgan fingerprint density at radius 2 is 1.65 bits per heavy atom. The molecule has 0 aliphatic carbocycles. The Morgan fingerprint density at radius 3 is 2.22 bits per heavy atom. The van der Waals surface area contributed by atoms with Crippen LogP contribution in [0, 0.1) is 6.92 Å². The van der Waals surface area contributed by atoms with Gasteiger partial charge in [-0.1, -0.05) is 53.7 Å². The molecule has 1 heterocycles. The molecule has 1 aromatic heterocycles. The van der Waals surface area contributed by atoms with Gasteiger partial charge in [0.1, 0.15) is 5.71 Å². The molecule has 1 N–H and O–H groups in total. The predicted molar refractivity (Wildman–Crippen MR) is 88.7 cm³/mol. The standard InChI is InChI=1S/C18H17N3O2/c1-13-16(17(20-22)14-9-5-3-6-10-14)18(23-2)21(19-13)15-11-7-4-8-12-15/h3-12,22H,1-2H3/b20-17-. The zero-order valence-corrected chi connectivity index (χ0v) is 13.0. The van der Waals surface area contributed by atoms with Crippen LogP contribution in [0.4, 0.5) is 0 Å². The van der Waals surface area contributed by atoms with E-state index in [0.29, 0.717) is 17.2 Å². The second-order valence-corrected chi connectivity index (χ2v) is 5.03. The van der Waals surface area contributed by atoms with E-state index >= 15 is 0 Å². The molecule has 0 spiro atoms. The normalized spacial score (nSPS) is 11.5. The van der Waals surface area contributed by atoms with Crippen molar-refractivity contribution in [2.75, 3.05) is 7.11 Å². The fourth-order valence-electron chi connectivity index (χ4n) is 2.56. The highest BCUT2D eigenvalue weighted by Gasteiger charge is 2.23. The van der Waals surface area contributed by atoms with E-state index in [2.05, 4.69) is 10.3 Å². The van der Waals surface area contributed by atoms with Gasteiger partial charge >= 0.3 is 0 Å². The SMILES string of the molecule is COc1c(/C(=N\O)c2ccccc2)c(C)nn1-c1ccccc1. The van der Waals surface area contributed by atoms with Crippen molar-refractivity contribution in [2.24, 2.45) is 5.16 Å². The number of ether oxygens (including phenoxy) is 1. The lowest BCUT2D eigenvalue weighted by Crippen LogP contribution is -2.07. The molecule has 0 saturated heterocycles. The highest BCUT2D eigenvalue weighted by molar-refractivity contribution is 6.14. The third kappa shape index (κ3) is 2.68. The molecular formula is C18H17N3O2. The number of benzene rings is 2. The molecule has 0 radical (unpaired) electrons. The van der Waals surface area contributed by atoms with Crippen LogP contribution in [0.15, 0.2) is 65.8 Å². The number of nitrogens with zero attached hydrogens (tertiary/aromatic N) is 3. The topological polar surface area (TPSA) is 59.6 Å². The summed E-state index contributed by atoms with van der Waals surface area (Å²) in [5.41, 5.74) is 3.50. The monoisotopic (exact) mass is 307 g/mol. The molecule has 5 nitrogen and oxygen atoms in total. The van der Waals surface area contributed by atoms with Crippen LogP contribution in [0.3, 0.4) is 0 Å². The first-order valence-electron chi connectivity index (χ1n) is 7.23. The number of hydrogen-bond donors (Lipinski definition) is 1. The first kappa shape index (κ1) is 14.8. The zero-order chi connectivity index (χ0) is 16.2. The van der Waals surface area contributed by atoms with Crippen LogP contribution >= 0.6 is 0 Å². The summed E-state index contributed by atoms with van der Waals surface area (Å²) in [5, 5.41) is 17.6. The molecule has 0 fully saturated rings. The van der Waals surface area contributed by atoms with Crippen LogP contribution in [0.25, 0.3) is 5.69 Å². The van der Waals surface area contributed by atoms with Crippen LogP contribution < -0.4 is 4.74 Å². The second-order valence-electron chi connectivity index (χ2n) is 5.03. The fraction of sp³-hybridized carbons (Fsp3) is 0.111. The van der Waals surface area contributed by atoms with E-state index in [1.54, 1.807) is 11.8 Å². The minimum Gasteiger partial charge on any atom is -0.480 e. The summed E-state index contributed by atoms with van der Waals surface area (Å²) in [4.78, 5) is 0. The van der Waals surface area contributed by atoms with Gasteiger partial charge in [0.05, 0.1) is 24.1 Å². The smallest absolute Gasteiger partial charge is 0.226 e. The van der Waals surface area contributed by atoms with Crippen LogP contribution in [0.5, 0.6) is 5.88 Å². The average Bonchev–Trinajstić information content (AvgIpc) is 2.94.